The van der Waals surface area contributed by atoms with Crippen molar-refractivity contribution in [2.45, 2.75) is 65.0 Å². The molecule has 5 nitrogen and oxygen atoms in total. The van der Waals surface area contributed by atoms with Crippen molar-refractivity contribution < 1.29 is 0 Å². The van der Waals surface area contributed by atoms with E-state index in [9.17, 15) is 0 Å². The van der Waals surface area contributed by atoms with Crippen LogP contribution in [0.5, 0.6) is 0 Å². The van der Waals surface area contributed by atoms with Gasteiger partial charge in [0.2, 0.25) is 0 Å². The predicted molar refractivity (Wildman–Crippen MR) is 103 cm³/mol. The molecule has 3 rings (SSSR count). The fourth-order valence-corrected chi connectivity index (χ4v) is 3.91. The third kappa shape index (κ3) is 4.40. The second-order valence-electron chi connectivity index (χ2n) is 6.91. The van der Waals surface area contributed by atoms with Crippen molar-refractivity contribution in [3.63, 3.8) is 0 Å². The minimum Gasteiger partial charge on any atom is -0.357 e. The monoisotopic (exact) mass is 341 g/mol. The first-order chi connectivity index (χ1) is 12.3. The minimum absolute atomic E-state index is 0.665. The first-order valence-corrected chi connectivity index (χ1v) is 9.75. The third-order valence-corrected chi connectivity index (χ3v) is 5.33. The Morgan fingerprint density at radius 2 is 1.88 bits per heavy atom. The molecule has 1 fully saturated rings. The quantitative estimate of drug-likeness (QED) is 0.762. The average molecular weight is 342 g/mol. The Balaban J connectivity index is 1.62. The topological polar surface area (TPSA) is 56.8 Å². The number of aromatic nitrogens is 3. The molecule has 0 saturated heterocycles. The summed E-state index contributed by atoms with van der Waals surface area (Å²) < 4.78 is 0. The van der Waals surface area contributed by atoms with Crippen LogP contribution in [0.2, 0.25) is 0 Å². The maximum Gasteiger partial charge on any atom is 0.132 e. The molecule has 2 aromatic rings. The number of hydrogen-bond acceptors (Lipinski definition) is 4. The van der Waals surface area contributed by atoms with Crippen LogP contribution < -0.4 is 10.2 Å². The highest BCUT2D eigenvalue weighted by molar-refractivity contribution is 5.46. The van der Waals surface area contributed by atoms with Crippen molar-refractivity contribution in [2.75, 3.05) is 18.0 Å². The lowest BCUT2D eigenvalue weighted by Gasteiger charge is -2.23. The van der Waals surface area contributed by atoms with Crippen LogP contribution in [0, 0.1) is 0 Å². The Morgan fingerprint density at radius 1 is 1.12 bits per heavy atom. The number of nitrogens with one attached hydrogen (secondary N) is 2. The summed E-state index contributed by atoms with van der Waals surface area (Å²) in [7, 11) is 0. The minimum atomic E-state index is 0.665. The number of aromatic amines is 1. The molecule has 1 aliphatic carbocycles. The molecule has 0 unspecified atom stereocenters. The molecule has 0 radical (unpaired) electrons. The van der Waals surface area contributed by atoms with Gasteiger partial charge in [-0.05, 0) is 32.8 Å². The predicted octanol–water partition coefficient (Wildman–Crippen LogP) is 3.99. The lowest BCUT2D eigenvalue weighted by molar-refractivity contribution is 0.433. The van der Waals surface area contributed by atoms with Gasteiger partial charge in [0.1, 0.15) is 5.82 Å². The van der Waals surface area contributed by atoms with Crippen LogP contribution in [0.25, 0.3) is 0 Å². The molecule has 0 aromatic carbocycles. The normalized spacial score (nSPS) is 15.4. The fourth-order valence-electron chi connectivity index (χ4n) is 3.91. The van der Waals surface area contributed by atoms with E-state index in [2.05, 4.69) is 45.3 Å². The molecule has 0 bridgehead atoms. The van der Waals surface area contributed by atoms with Crippen molar-refractivity contribution in [1.82, 2.24) is 20.5 Å². The Kier molecular flexibility index (Phi) is 6.45. The first-order valence-electron chi connectivity index (χ1n) is 9.75. The molecule has 0 aliphatic heterocycles. The van der Waals surface area contributed by atoms with E-state index in [4.69, 9.17) is 0 Å². The van der Waals surface area contributed by atoms with Gasteiger partial charge in [0, 0.05) is 55.1 Å². The summed E-state index contributed by atoms with van der Waals surface area (Å²) in [5.74, 6) is 1.76. The lowest BCUT2D eigenvalue weighted by Crippen LogP contribution is -2.25. The van der Waals surface area contributed by atoms with Gasteiger partial charge < -0.3 is 10.2 Å². The summed E-state index contributed by atoms with van der Waals surface area (Å²) in [5, 5.41) is 11.2. The Morgan fingerprint density at radius 3 is 2.64 bits per heavy atom. The van der Waals surface area contributed by atoms with E-state index < -0.39 is 0 Å². The number of pyridine rings is 1. The summed E-state index contributed by atoms with van der Waals surface area (Å²) >= 11 is 0. The van der Waals surface area contributed by atoms with Gasteiger partial charge in [0.25, 0.3) is 0 Å². The van der Waals surface area contributed by atoms with Gasteiger partial charge in [0.05, 0.1) is 6.20 Å². The van der Waals surface area contributed by atoms with Crippen LogP contribution in [0.1, 0.15) is 68.7 Å². The van der Waals surface area contributed by atoms with Crippen molar-refractivity contribution in [1.29, 1.82) is 0 Å². The molecule has 0 amide bonds. The van der Waals surface area contributed by atoms with Gasteiger partial charge in [-0.3, -0.25) is 5.10 Å². The van der Waals surface area contributed by atoms with Gasteiger partial charge in [-0.25, -0.2) is 4.98 Å². The highest BCUT2D eigenvalue weighted by Crippen LogP contribution is 2.33. The molecular weight excluding hydrogens is 310 g/mol. The highest BCUT2D eigenvalue weighted by Gasteiger charge is 2.20. The Labute approximate surface area is 151 Å². The van der Waals surface area contributed by atoms with Crippen molar-refractivity contribution in [3.05, 3.63) is 41.3 Å². The number of anilines is 1. The van der Waals surface area contributed by atoms with Crippen LogP contribution in [0.3, 0.4) is 0 Å². The molecule has 0 spiro atoms. The number of hydrogen-bond donors (Lipinski definition) is 2. The highest BCUT2D eigenvalue weighted by atomic mass is 15.2. The van der Waals surface area contributed by atoms with E-state index in [-0.39, 0.29) is 0 Å². The smallest absolute Gasteiger partial charge is 0.132 e. The zero-order valence-corrected chi connectivity index (χ0v) is 15.6. The summed E-state index contributed by atoms with van der Waals surface area (Å²) in [5.41, 5.74) is 3.93. The summed E-state index contributed by atoms with van der Waals surface area (Å²) in [4.78, 5) is 6.90. The van der Waals surface area contributed by atoms with Gasteiger partial charge in [0.15, 0.2) is 0 Å². The van der Waals surface area contributed by atoms with Crippen molar-refractivity contribution in [3.8, 4) is 0 Å². The van der Waals surface area contributed by atoms with Crippen molar-refractivity contribution in [2.24, 2.45) is 0 Å². The van der Waals surface area contributed by atoms with E-state index in [1.165, 1.54) is 48.9 Å². The zero-order valence-electron chi connectivity index (χ0n) is 15.6. The van der Waals surface area contributed by atoms with Gasteiger partial charge in [-0.15, -0.1) is 0 Å². The van der Waals surface area contributed by atoms with E-state index in [0.717, 1.165) is 32.0 Å². The second kappa shape index (κ2) is 8.99. The van der Waals surface area contributed by atoms with E-state index in [0.29, 0.717) is 5.92 Å². The Hall–Kier alpha value is -1.88. The lowest BCUT2D eigenvalue weighted by atomic mass is 9.85. The van der Waals surface area contributed by atoms with Crippen LogP contribution in [0.15, 0.2) is 24.5 Å². The molecular formula is C20H31N5. The maximum absolute atomic E-state index is 4.59. The summed E-state index contributed by atoms with van der Waals surface area (Å²) in [6.45, 7) is 8.00. The molecule has 1 saturated carbocycles. The molecule has 0 atom stereocenters. The van der Waals surface area contributed by atoms with E-state index in [1.54, 1.807) is 0 Å². The van der Waals surface area contributed by atoms with Crippen LogP contribution >= 0.6 is 0 Å². The average Bonchev–Trinajstić information content (AvgIpc) is 3.13. The molecule has 2 aromatic heterocycles. The summed E-state index contributed by atoms with van der Waals surface area (Å²) in [6.07, 6.45) is 10.5. The second-order valence-corrected chi connectivity index (χ2v) is 6.91. The van der Waals surface area contributed by atoms with Gasteiger partial charge >= 0.3 is 0 Å². The van der Waals surface area contributed by atoms with Crippen LogP contribution in [-0.2, 0) is 13.1 Å². The van der Waals surface area contributed by atoms with Crippen LogP contribution in [-0.4, -0.2) is 28.3 Å². The molecule has 1 aliphatic rings. The molecule has 5 heteroatoms. The van der Waals surface area contributed by atoms with E-state index >= 15 is 0 Å². The molecule has 2 heterocycles. The number of nitrogens with zero attached hydrogens (tertiary/aromatic N) is 3. The van der Waals surface area contributed by atoms with Gasteiger partial charge in [-0.2, -0.15) is 5.10 Å². The van der Waals surface area contributed by atoms with Gasteiger partial charge in [-0.1, -0.05) is 25.3 Å². The largest absolute Gasteiger partial charge is 0.357 e. The zero-order chi connectivity index (χ0) is 17.5. The molecule has 2 N–H and O–H groups in total. The maximum atomic E-state index is 4.59. The number of rotatable bonds is 8. The van der Waals surface area contributed by atoms with Crippen LogP contribution in [0.4, 0.5) is 5.82 Å². The van der Waals surface area contributed by atoms with Crippen molar-refractivity contribution >= 4 is 5.82 Å². The first kappa shape index (κ1) is 17.9. The standard InChI is InChI=1S/C20H31N5/c1-3-25(4-2)20-17(11-8-12-22-20)13-21-14-18-15-23-24-19(18)16-9-6-5-7-10-16/h8,11-12,15-16,21H,3-7,9-10,13-14H2,1-2H3,(H,23,24). The third-order valence-electron chi connectivity index (χ3n) is 5.33. The SMILES string of the molecule is CCN(CC)c1ncccc1CNCc1cn[nH]c1C1CCCCC1. The number of H-pyrrole nitrogens is 1. The molecule has 136 valence electrons. The van der Waals surface area contributed by atoms with E-state index in [1.807, 2.05) is 18.5 Å². The molecule has 25 heavy (non-hydrogen) atoms. The Bertz CT molecular complexity index is 641. The summed E-state index contributed by atoms with van der Waals surface area (Å²) in [6, 6.07) is 4.19. The fraction of sp³-hybridized carbons (Fsp3) is 0.600.